The summed E-state index contributed by atoms with van der Waals surface area (Å²) < 4.78 is 6.10. The number of carbonyl (C=O) groups excluding carboxylic acids is 4. The van der Waals surface area contributed by atoms with E-state index in [1.807, 2.05) is 93.7 Å². The highest BCUT2D eigenvalue weighted by Crippen LogP contribution is 2.25. The molecule has 0 saturated carbocycles. The molecule has 3 rings (SSSR count). The minimum absolute atomic E-state index is 0.0230. The van der Waals surface area contributed by atoms with E-state index in [4.69, 9.17) is 21.9 Å². The molecule has 3 aromatic carbocycles. The molecule has 3 amide bonds. The Labute approximate surface area is 325 Å². The molecule has 13 nitrogen and oxygen atoms in total. The number of likely N-dealkylation sites (N-methyl/N-ethyl adjacent to an activating group) is 1. The van der Waals surface area contributed by atoms with Gasteiger partial charge < -0.3 is 43.2 Å². The summed E-state index contributed by atoms with van der Waals surface area (Å²) in [5, 5.41) is 12.0. The summed E-state index contributed by atoms with van der Waals surface area (Å²) in [5.41, 5.74) is 21.3. The Bertz CT molecular complexity index is 1680. The molecule has 0 radical (unpaired) electrons. The van der Waals surface area contributed by atoms with Crippen molar-refractivity contribution in [2.24, 2.45) is 28.1 Å². The third kappa shape index (κ3) is 15.5. The van der Waals surface area contributed by atoms with Crippen molar-refractivity contribution in [3.8, 4) is 5.75 Å². The summed E-state index contributed by atoms with van der Waals surface area (Å²) in [7, 11) is 3.54. The monoisotopic (exact) mass is 756 g/mol. The second kappa shape index (κ2) is 23.5. The number of primary amides is 1. The van der Waals surface area contributed by atoms with Gasteiger partial charge in [-0.3, -0.25) is 24.2 Å². The van der Waals surface area contributed by atoms with E-state index in [2.05, 4.69) is 26.3 Å². The minimum atomic E-state index is -0.955. The highest BCUT2D eigenvalue weighted by Gasteiger charge is 2.31. The topological polar surface area (TPSA) is 216 Å². The number of Topliss-reactive ketones (excluding diaryl/α,β-unsaturated/α-hetero) is 1. The summed E-state index contributed by atoms with van der Waals surface area (Å²) in [6.45, 7) is 5.42. The van der Waals surface area contributed by atoms with Crippen LogP contribution in [0.1, 0.15) is 66.3 Å². The van der Waals surface area contributed by atoms with E-state index in [0.29, 0.717) is 44.6 Å². The lowest BCUT2D eigenvalue weighted by Crippen LogP contribution is -2.51. The van der Waals surface area contributed by atoms with Gasteiger partial charge in [-0.1, -0.05) is 67.1 Å². The van der Waals surface area contributed by atoms with Crippen molar-refractivity contribution in [1.82, 2.24) is 21.3 Å². The van der Waals surface area contributed by atoms with Gasteiger partial charge >= 0.3 is 0 Å². The Morgan fingerprint density at radius 2 is 1.35 bits per heavy atom. The number of carbonyl (C=O) groups is 4. The highest BCUT2D eigenvalue weighted by atomic mass is 16.5. The summed E-state index contributed by atoms with van der Waals surface area (Å²) in [6, 6.07) is 20.5. The molecule has 0 unspecified atom stereocenters. The zero-order valence-electron chi connectivity index (χ0n) is 32.7. The fourth-order valence-electron chi connectivity index (χ4n) is 6.50. The van der Waals surface area contributed by atoms with E-state index in [0.717, 1.165) is 40.8 Å². The molecule has 0 aliphatic carbocycles. The van der Waals surface area contributed by atoms with Gasteiger partial charge in [-0.2, -0.15) is 0 Å². The predicted octanol–water partition coefficient (Wildman–Crippen LogP) is 2.73. The molecule has 0 saturated heterocycles. The van der Waals surface area contributed by atoms with Gasteiger partial charge in [0.15, 0.2) is 11.7 Å². The van der Waals surface area contributed by atoms with Gasteiger partial charge in [0.25, 0.3) is 0 Å². The van der Waals surface area contributed by atoms with Crippen molar-refractivity contribution in [2.45, 2.75) is 89.9 Å². The fraction of sp³-hybridized carbons (Fsp3) is 0.452. The molecule has 0 fully saturated rings. The number of ketones is 1. The number of benzene rings is 3. The largest absolute Gasteiger partial charge is 0.489 e. The van der Waals surface area contributed by atoms with Crippen molar-refractivity contribution < 1.29 is 23.9 Å². The van der Waals surface area contributed by atoms with Crippen molar-refractivity contribution in [3.05, 3.63) is 101 Å². The van der Waals surface area contributed by atoms with Crippen LogP contribution in [0, 0.1) is 19.8 Å². The smallest absolute Gasteiger partial charge is 0.240 e. The number of aryl methyl sites for hydroxylation is 2. The summed E-state index contributed by atoms with van der Waals surface area (Å²) in [6.07, 6.45) is 3.12. The molecular weight excluding hydrogens is 697 g/mol. The van der Waals surface area contributed by atoms with Crippen LogP contribution in [0.4, 0.5) is 0 Å². The molecule has 0 aromatic heterocycles. The number of rotatable bonds is 25. The van der Waals surface area contributed by atoms with Crippen LogP contribution in [0.5, 0.6) is 5.75 Å². The molecule has 4 atom stereocenters. The van der Waals surface area contributed by atoms with Crippen LogP contribution in [-0.4, -0.2) is 74.8 Å². The Morgan fingerprint density at radius 3 is 1.93 bits per heavy atom. The molecule has 0 spiro atoms. The molecule has 55 heavy (non-hydrogen) atoms. The van der Waals surface area contributed by atoms with Crippen LogP contribution in [0.15, 0.2) is 77.8 Å². The maximum absolute atomic E-state index is 14.4. The number of aliphatic imine (C=N–C) groups is 1. The molecule has 298 valence electrons. The van der Waals surface area contributed by atoms with Gasteiger partial charge in [0, 0.05) is 31.7 Å². The number of amides is 3. The second-order valence-electron chi connectivity index (χ2n) is 14.0. The number of hydrogen-bond donors (Lipinski definition) is 7. The first kappa shape index (κ1) is 44.1. The lowest BCUT2D eigenvalue weighted by Gasteiger charge is -2.26. The maximum Gasteiger partial charge on any atom is 0.240 e. The van der Waals surface area contributed by atoms with Crippen molar-refractivity contribution in [2.75, 3.05) is 27.2 Å². The Morgan fingerprint density at radius 1 is 0.727 bits per heavy atom. The van der Waals surface area contributed by atoms with Gasteiger partial charge in [-0.25, -0.2) is 0 Å². The first-order valence-corrected chi connectivity index (χ1v) is 19.0. The third-order valence-corrected chi connectivity index (χ3v) is 9.63. The maximum atomic E-state index is 14.4. The number of ether oxygens (including phenoxy) is 1. The van der Waals surface area contributed by atoms with Crippen molar-refractivity contribution in [1.29, 1.82) is 0 Å². The number of nitrogens with zero attached hydrogens (tertiary/aromatic N) is 1. The standard InChI is InChI=1S/C42H60N8O5/c1-28-22-33(55-27-31-16-9-6-10-17-31)23-29(2)34(28)26-36(49-41(54)35(47-4)19-13-21-48-42(44)45)38(51)25-32(18-11-12-20-46-3)40(53)50-37(39(43)52)24-30-14-7-5-8-15-30/h5-10,14-17,22-23,32,35-37,46-47H,11-13,18-21,24-27H2,1-4H3,(H2,43,52)(H,49,54)(H,50,53)(H4,44,45,48)/t32-,35-,36+,37+/m1/s1. The lowest BCUT2D eigenvalue weighted by atomic mass is 9.88. The minimum Gasteiger partial charge on any atom is -0.489 e. The van der Waals surface area contributed by atoms with Crippen LogP contribution < -0.4 is 43.2 Å². The molecule has 13 heteroatoms. The summed E-state index contributed by atoms with van der Waals surface area (Å²) >= 11 is 0. The van der Waals surface area contributed by atoms with E-state index < -0.39 is 35.9 Å². The van der Waals surface area contributed by atoms with Gasteiger partial charge in [0.1, 0.15) is 18.4 Å². The normalized spacial score (nSPS) is 13.2. The molecule has 0 bridgehead atoms. The predicted molar refractivity (Wildman–Crippen MR) is 217 cm³/mol. The van der Waals surface area contributed by atoms with E-state index >= 15 is 0 Å². The average molecular weight is 757 g/mol. The molecule has 3 aromatic rings. The molecule has 0 aliphatic rings. The van der Waals surface area contributed by atoms with Gasteiger partial charge in [-0.05, 0) is 100 Å². The number of nitrogens with one attached hydrogen (secondary N) is 4. The van der Waals surface area contributed by atoms with E-state index in [1.54, 1.807) is 7.05 Å². The van der Waals surface area contributed by atoms with E-state index in [9.17, 15) is 19.2 Å². The van der Waals surface area contributed by atoms with Crippen LogP contribution >= 0.6 is 0 Å². The SMILES string of the molecule is CNCCCC[C@H](CC(=O)[C@H](Cc1c(C)cc(OCc2ccccc2)cc1C)NC(=O)[C@@H](CCCN=C(N)N)NC)C(=O)N[C@@H](Cc1ccccc1)C(N)=O. The molecular formula is C42H60N8O5. The lowest BCUT2D eigenvalue weighted by molar-refractivity contribution is -0.134. The second-order valence-corrected chi connectivity index (χ2v) is 14.0. The zero-order chi connectivity index (χ0) is 40.2. The summed E-state index contributed by atoms with van der Waals surface area (Å²) in [5.74, 6) is -1.81. The highest BCUT2D eigenvalue weighted by molar-refractivity contribution is 5.95. The summed E-state index contributed by atoms with van der Waals surface area (Å²) in [4.78, 5) is 58.5. The molecule has 0 heterocycles. The molecule has 10 N–H and O–H groups in total. The fourth-order valence-corrected chi connectivity index (χ4v) is 6.50. The van der Waals surface area contributed by atoms with E-state index in [-0.39, 0.29) is 36.9 Å². The number of guanidine groups is 1. The number of nitrogens with two attached hydrogens (primary N) is 3. The Hall–Kier alpha value is -5.27. The Kier molecular flexibility index (Phi) is 18.9. The van der Waals surface area contributed by atoms with Gasteiger partial charge in [0.2, 0.25) is 17.7 Å². The van der Waals surface area contributed by atoms with E-state index in [1.165, 1.54) is 0 Å². The Balaban J connectivity index is 1.88. The van der Waals surface area contributed by atoms with Crippen LogP contribution in [0.25, 0.3) is 0 Å². The van der Waals surface area contributed by atoms with Gasteiger partial charge in [-0.15, -0.1) is 0 Å². The first-order chi connectivity index (χ1) is 26.4. The average Bonchev–Trinajstić information content (AvgIpc) is 3.16. The van der Waals surface area contributed by atoms with Crippen molar-refractivity contribution in [3.63, 3.8) is 0 Å². The van der Waals surface area contributed by atoms with Crippen LogP contribution in [0.2, 0.25) is 0 Å². The number of hydrogen-bond acceptors (Lipinski definition) is 8. The number of unbranched alkanes of at least 4 members (excludes halogenated alkanes) is 1. The van der Waals surface area contributed by atoms with Gasteiger partial charge in [0.05, 0.1) is 12.1 Å². The quantitative estimate of drug-likeness (QED) is 0.0384. The van der Waals surface area contributed by atoms with Crippen LogP contribution in [0.3, 0.4) is 0 Å². The van der Waals surface area contributed by atoms with Crippen LogP contribution in [-0.2, 0) is 38.6 Å². The first-order valence-electron chi connectivity index (χ1n) is 19.0. The molecule has 0 aliphatic heterocycles. The van der Waals surface area contributed by atoms with Crippen molar-refractivity contribution >= 4 is 29.5 Å². The zero-order valence-corrected chi connectivity index (χ0v) is 32.7. The third-order valence-electron chi connectivity index (χ3n) is 9.63.